The summed E-state index contributed by atoms with van der Waals surface area (Å²) in [5, 5.41) is 23.1. The number of hydrogen-bond donors (Lipinski definition) is 3. The normalized spacial score (nSPS) is 26.1. The molecule has 1 aromatic carbocycles. The lowest BCUT2D eigenvalue weighted by Gasteiger charge is -2.24. The zero-order valence-corrected chi connectivity index (χ0v) is 17.6. The van der Waals surface area contributed by atoms with Gasteiger partial charge >= 0.3 is 0 Å². The molecule has 2 aromatic heterocycles. The molecular weight excluding hydrogens is 427 g/mol. The first kappa shape index (κ1) is 19.9. The van der Waals surface area contributed by atoms with Crippen molar-refractivity contribution in [3.05, 3.63) is 45.8 Å². The number of fused-ring (bicyclic) bond motifs is 2. The van der Waals surface area contributed by atoms with Crippen LogP contribution in [0.5, 0.6) is 5.75 Å². The third-order valence-electron chi connectivity index (χ3n) is 6.22. The van der Waals surface area contributed by atoms with E-state index in [1.54, 1.807) is 16.8 Å². The fraction of sp³-hybridized carbons (Fsp3) is 0.429. The van der Waals surface area contributed by atoms with Crippen molar-refractivity contribution < 1.29 is 14.9 Å². The van der Waals surface area contributed by atoms with E-state index in [1.807, 2.05) is 6.07 Å². The summed E-state index contributed by atoms with van der Waals surface area (Å²) < 4.78 is 7.98. The van der Waals surface area contributed by atoms with E-state index in [1.165, 1.54) is 11.9 Å². The van der Waals surface area contributed by atoms with Crippen LogP contribution in [0.2, 0.25) is 10.0 Å². The van der Waals surface area contributed by atoms with Gasteiger partial charge < -0.3 is 25.3 Å². The average Bonchev–Trinajstić information content (AvgIpc) is 3.20. The number of benzene rings is 1. The van der Waals surface area contributed by atoms with Gasteiger partial charge in [-0.2, -0.15) is 0 Å². The lowest BCUT2D eigenvalue weighted by Crippen LogP contribution is -2.34. The van der Waals surface area contributed by atoms with Gasteiger partial charge in [0, 0.05) is 17.6 Å². The summed E-state index contributed by atoms with van der Waals surface area (Å²) in [4.78, 5) is 8.26. The highest BCUT2D eigenvalue weighted by molar-refractivity contribution is 6.36. The van der Waals surface area contributed by atoms with Crippen molar-refractivity contribution >= 4 is 40.1 Å². The summed E-state index contributed by atoms with van der Waals surface area (Å²) in [6.45, 7) is 0. The Morgan fingerprint density at radius 2 is 1.90 bits per heavy atom. The average molecular weight is 449 g/mol. The van der Waals surface area contributed by atoms with E-state index < -0.39 is 24.4 Å². The predicted molar refractivity (Wildman–Crippen MR) is 115 cm³/mol. The van der Waals surface area contributed by atoms with Gasteiger partial charge in [-0.1, -0.05) is 23.2 Å². The second-order valence-corrected chi connectivity index (χ2v) is 8.87. The molecule has 0 aliphatic heterocycles. The molecule has 4 N–H and O–H groups in total. The zero-order valence-electron chi connectivity index (χ0n) is 16.1. The number of nitrogens with zero attached hydrogens (tertiary/aromatic N) is 3. The Morgan fingerprint density at radius 1 is 1.10 bits per heavy atom. The molecule has 0 amide bonds. The number of aliphatic hydroxyl groups is 2. The summed E-state index contributed by atoms with van der Waals surface area (Å²) >= 11 is 12.6. The van der Waals surface area contributed by atoms with Crippen LogP contribution >= 0.6 is 23.2 Å². The van der Waals surface area contributed by atoms with Crippen molar-refractivity contribution in [2.75, 3.05) is 5.73 Å². The Labute approximate surface area is 183 Å². The van der Waals surface area contributed by atoms with Crippen LogP contribution in [0.25, 0.3) is 11.0 Å². The van der Waals surface area contributed by atoms with Gasteiger partial charge in [-0.25, -0.2) is 9.97 Å². The Kier molecular flexibility index (Phi) is 5.01. The molecule has 2 aliphatic carbocycles. The summed E-state index contributed by atoms with van der Waals surface area (Å²) in [5.41, 5.74) is 8.80. The second-order valence-electron chi connectivity index (χ2n) is 8.03. The number of halogens is 2. The molecule has 0 radical (unpaired) electrons. The predicted octanol–water partition coefficient (Wildman–Crippen LogP) is 3.31. The molecule has 30 heavy (non-hydrogen) atoms. The molecule has 9 heteroatoms. The lowest BCUT2D eigenvalue weighted by molar-refractivity contribution is -0.0166. The van der Waals surface area contributed by atoms with Gasteiger partial charge in [0.05, 0.1) is 16.5 Å². The summed E-state index contributed by atoms with van der Waals surface area (Å²) in [6.07, 6.45) is 4.82. The first-order valence-electron chi connectivity index (χ1n) is 10.0. The Balaban J connectivity index is 1.47. The molecule has 2 heterocycles. The highest BCUT2D eigenvalue weighted by atomic mass is 35.5. The molecule has 0 unspecified atom stereocenters. The van der Waals surface area contributed by atoms with Crippen LogP contribution in [-0.2, 0) is 12.8 Å². The minimum absolute atomic E-state index is 0.273. The molecule has 0 spiro atoms. The number of nitrogens with two attached hydrogens (primary N) is 1. The van der Waals surface area contributed by atoms with Gasteiger partial charge in [-0.15, -0.1) is 0 Å². The molecule has 2 aliphatic rings. The van der Waals surface area contributed by atoms with Gasteiger partial charge in [0.2, 0.25) is 0 Å². The molecule has 7 nitrogen and oxygen atoms in total. The van der Waals surface area contributed by atoms with Crippen LogP contribution in [0.4, 0.5) is 5.82 Å². The van der Waals surface area contributed by atoms with Gasteiger partial charge in [-0.05, 0) is 48.9 Å². The van der Waals surface area contributed by atoms with Crippen LogP contribution in [0.1, 0.15) is 36.4 Å². The second kappa shape index (κ2) is 7.57. The minimum Gasteiger partial charge on any atom is -0.487 e. The van der Waals surface area contributed by atoms with Crippen molar-refractivity contribution in [3.63, 3.8) is 0 Å². The van der Waals surface area contributed by atoms with Crippen molar-refractivity contribution in [2.24, 2.45) is 0 Å². The third-order valence-corrected chi connectivity index (χ3v) is 6.72. The van der Waals surface area contributed by atoms with Crippen molar-refractivity contribution in [3.8, 4) is 5.75 Å². The van der Waals surface area contributed by atoms with Crippen LogP contribution in [0.15, 0.2) is 24.7 Å². The Bertz CT molecular complexity index is 1120. The monoisotopic (exact) mass is 448 g/mol. The van der Waals surface area contributed by atoms with E-state index in [4.69, 9.17) is 33.7 Å². The van der Waals surface area contributed by atoms with E-state index in [0.717, 1.165) is 31.2 Å². The molecule has 1 fully saturated rings. The number of nitrogen functional groups attached to an aromatic ring is 1. The standard InChI is InChI=1S/C21H22Cl2N4O3/c22-11-5-10-3-1-2-4-12(10)15(6-11)30-16-7-14(18(28)19(16)29)27-8-13(23)17-20(24)25-9-26-21(17)27/h5-6,8-9,14,16,18-19,28-29H,1-4,7H2,(H2,24,25,26)/t14-,16+,18+,19-/m1/s1. The Hall–Kier alpha value is -2.06. The summed E-state index contributed by atoms with van der Waals surface area (Å²) in [5.74, 6) is 0.964. The van der Waals surface area contributed by atoms with Crippen LogP contribution in [-0.4, -0.2) is 43.1 Å². The molecule has 4 atom stereocenters. The van der Waals surface area contributed by atoms with Crippen LogP contribution in [0.3, 0.4) is 0 Å². The smallest absolute Gasteiger partial charge is 0.147 e. The quantitative estimate of drug-likeness (QED) is 0.567. The third kappa shape index (κ3) is 3.21. The van der Waals surface area contributed by atoms with Crippen molar-refractivity contribution in [2.45, 2.75) is 56.5 Å². The van der Waals surface area contributed by atoms with E-state index in [9.17, 15) is 10.2 Å². The number of aryl methyl sites for hydroxylation is 1. The summed E-state index contributed by atoms with van der Waals surface area (Å²) in [6, 6.07) is 3.32. The molecule has 0 bridgehead atoms. The maximum Gasteiger partial charge on any atom is 0.147 e. The van der Waals surface area contributed by atoms with E-state index in [2.05, 4.69) is 9.97 Å². The van der Waals surface area contributed by atoms with E-state index in [-0.39, 0.29) is 5.82 Å². The van der Waals surface area contributed by atoms with Gasteiger partial charge in [0.25, 0.3) is 0 Å². The molecule has 158 valence electrons. The first-order chi connectivity index (χ1) is 14.4. The van der Waals surface area contributed by atoms with Crippen molar-refractivity contribution in [1.29, 1.82) is 0 Å². The highest BCUT2D eigenvalue weighted by Crippen LogP contribution is 2.40. The number of hydrogen-bond acceptors (Lipinski definition) is 6. The molecule has 3 aromatic rings. The van der Waals surface area contributed by atoms with Gasteiger partial charge in [0.1, 0.15) is 41.9 Å². The topological polar surface area (TPSA) is 106 Å². The van der Waals surface area contributed by atoms with E-state index >= 15 is 0 Å². The molecular formula is C21H22Cl2N4O3. The van der Waals surface area contributed by atoms with Crippen LogP contribution in [0, 0.1) is 0 Å². The molecule has 5 rings (SSSR count). The highest BCUT2D eigenvalue weighted by Gasteiger charge is 2.45. The zero-order chi connectivity index (χ0) is 21.0. The summed E-state index contributed by atoms with van der Waals surface area (Å²) in [7, 11) is 0. The SMILES string of the molecule is Nc1ncnc2c1c(Cl)cn2[C@@H]1C[C@H](Oc2cc(Cl)cc3c2CCCC3)[C@@H](O)[C@H]1O. The number of ether oxygens (including phenoxy) is 1. The number of rotatable bonds is 3. The molecule has 1 saturated carbocycles. The Morgan fingerprint density at radius 3 is 2.73 bits per heavy atom. The maximum absolute atomic E-state index is 10.8. The van der Waals surface area contributed by atoms with Crippen LogP contribution < -0.4 is 10.5 Å². The van der Waals surface area contributed by atoms with Gasteiger partial charge in [-0.3, -0.25) is 0 Å². The largest absolute Gasteiger partial charge is 0.487 e. The first-order valence-corrected chi connectivity index (χ1v) is 10.8. The maximum atomic E-state index is 10.8. The lowest BCUT2D eigenvalue weighted by atomic mass is 9.91. The fourth-order valence-electron chi connectivity index (χ4n) is 4.73. The molecule has 0 saturated heterocycles. The number of anilines is 1. The number of aromatic nitrogens is 3. The number of aliphatic hydroxyl groups excluding tert-OH is 2. The van der Waals surface area contributed by atoms with E-state index in [0.29, 0.717) is 33.2 Å². The minimum atomic E-state index is -1.07. The van der Waals surface area contributed by atoms with Gasteiger partial charge in [0.15, 0.2) is 0 Å². The van der Waals surface area contributed by atoms with Crippen molar-refractivity contribution in [1.82, 2.24) is 14.5 Å². The fourth-order valence-corrected chi connectivity index (χ4v) is 5.25.